The van der Waals surface area contributed by atoms with Crippen molar-refractivity contribution in [2.45, 2.75) is 38.8 Å². The first-order chi connectivity index (χ1) is 14.5. The van der Waals surface area contributed by atoms with Crippen molar-refractivity contribution < 1.29 is 9.53 Å². The van der Waals surface area contributed by atoms with Gasteiger partial charge in [-0.1, -0.05) is 29.8 Å². The van der Waals surface area contributed by atoms with E-state index in [1.807, 2.05) is 0 Å². The minimum Gasteiger partial charge on any atom is -0.376 e. The minimum absolute atomic E-state index is 0. The smallest absolute Gasteiger partial charge is 0.243 e. The highest BCUT2D eigenvalue weighted by Gasteiger charge is 2.22. The van der Waals surface area contributed by atoms with Gasteiger partial charge in [0.25, 0.3) is 0 Å². The number of ether oxygens (including phenoxy) is 1. The first-order valence-corrected chi connectivity index (χ1v) is 11.1. The Labute approximate surface area is 204 Å². The van der Waals surface area contributed by atoms with Crippen molar-refractivity contribution in [1.82, 2.24) is 20.0 Å². The maximum atomic E-state index is 12.1. The van der Waals surface area contributed by atoms with Crippen LogP contribution in [0.5, 0.6) is 0 Å². The van der Waals surface area contributed by atoms with Crippen molar-refractivity contribution in [2.24, 2.45) is 4.99 Å². The second kappa shape index (κ2) is 13.2. The molecule has 0 aromatic heterocycles. The summed E-state index contributed by atoms with van der Waals surface area (Å²) in [7, 11) is 3.54. The standard InChI is InChI=1S/C23H37N5O2.HI/c1-19-7-6-8-20(15-19)18-27-10-12-28(13-11-27)23(25-17-22(29)26(2)3)24-16-21-9-4-5-14-30-21;/h6-8,15,21H,4-5,9-14,16-18H2,1-3H3,(H,24,25);1H. The van der Waals surface area contributed by atoms with Gasteiger partial charge in [-0.2, -0.15) is 0 Å². The van der Waals surface area contributed by atoms with Crippen molar-refractivity contribution in [1.29, 1.82) is 0 Å². The highest BCUT2D eigenvalue weighted by molar-refractivity contribution is 14.0. The summed E-state index contributed by atoms with van der Waals surface area (Å²) in [4.78, 5) is 23.0. The Kier molecular flexibility index (Phi) is 11.0. The lowest BCUT2D eigenvalue weighted by Crippen LogP contribution is -2.53. The number of nitrogens with one attached hydrogen (secondary N) is 1. The fourth-order valence-corrected chi connectivity index (χ4v) is 3.91. The van der Waals surface area contributed by atoms with E-state index < -0.39 is 0 Å². The van der Waals surface area contributed by atoms with Crippen LogP contribution in [0.3, 0.4) is 0 Å². The molecule has 2 fully saturated rings. The topological polar surface area (TPSA) is 60.4 Å². The molecule has 1 N–H and O–H groups in total. The number of amides is 1. The van der Waals surface area contributed by atoms with E-state index in [-0.39, 0.29) is 42.5 Å². The fraction of sp³-hybridized carbons (Fsp3) is 0.652. The number of likely N-dealkylation sites (N-methyl/N-ethyl adjacent to an activating group) is 1. The van der Waals surface area contributed by atoms with Gasteiger partial charge in [0, 0.05) is 60.0 Å². The fourth-order valence-electron chi connectivity index (χ4n) is 3.91. The number of hydrogen-bond donors (Lipinski definition) is 1. The SMILES string of the molecule is Cc1cccc(CN2CCN(C(=NCC(=O)N(C)C)NCC3CCCCO3)CC2)c1.I. The van der Waals surface area contributed by atoms with Crippen LogP contribution in [-0.2, 0) is 16.1 Å². The van der Waals surface area contributed by atoms with Gasteiger partial charge in [0.2, 0.25) is 5.91 Å². The molecular weight excluding hydrogens is 505 g/mol. The molecule has 3 rings (SSSR count). The third kappa shape index (κ3) is 8.57. The lowest BCUT2D eigenvalue weighted by molar-refractivity contribution is -0.127. The molecule has 1 unspecified atom stereocenters. The molecule has 31 heavy (non-hydrogen) atoms. The van der Waals surface area contributed by atoms with E-state index in [0.29, 0.717) is 0 Å². The van der Waals surface area contributed by atoms with Crippen LogP contribution in [0.4, 0.5) is 0 Å². The van der Waals surface area contributed by atoms with Crippen molar-refractivity contribution in [3.05, 3.63) is 35.4 Å². The maximum absolute atomic E-state index is 12.1. The molecule has 8 heteroatoms. The molecule has 1 aromatic carbocycles. The van der Waals surface area contributed by atoms with E-state index >= 15 is 0 Å². The van der Waals surface area contributed by atoms with Gasteiger partial charge in [-0.3, -0.25) is 9.69 Å². The third-order valence-corrected chi connectivity index (χ3v) is 5.79. The minimum atomic E-state index is 0. The molecule has 2 heterocycles. The summed E-state index contributed by atoms with van der Waals surface area (Å²) in [5.41, 5.74) is 2.67. The Morgan fingerprint density at radius 2 is 2.00 bits per heavy atom. The Morgan fingerprint density at radius 1 is 1.23 bits per heavy atom. The van der Waals surface area contributed by atoms with Gasteiger partial charge in [0.1, 0.15) is 6.54 Å². The summed E-state index contributed by atoms with van der Waals surface area (Å²) in [5, 5.41) is 3.49. The number of halogens is 1. The van der Waals surface area contributed by atoms with Crippen LogP contribution in [-0.4, -0.2) is 92.6 Å². The second-order valence-corrected chi connectivity index (χ2v) is 8.55. The van der Waals surface area contributed by atoms with Gasteiger partial charge in [-0.15, -0.1) is 24.0 Å². The zero-order chi connectivity index (χ0) is 21.3. The quantitative estimate of drug-likeness (QED) is 0.339. The van der Waals surface area contributed by atoms with Crippen molar-refractivity contribution in [3.8, 4) is 0 Å². The molecule has 0 bridgehead atoms. The summed E-state index contributed by atoms with van der Waals surface area (Å²) < 4.78 is 5.85. The van der Waals surface area contributed by atoms with E-state index in [1.54, 1.807) is 19.0 Å². The third-order valence-electron chi connectivity index (χ3n) is 5.79. The molecule has 0 radical (unpaired) electrons. The van der Waals surface area contributed by atoms with Crippen LogP contribution < -0.4 is 5.32 Å². The molecule has 0 spiro atoms. The van der Waals surface area contributed by atoms with Gasteiger partial charge >= 0.3 is 0 Å². The van der Waals surface area contributed by atoms with Crippen molar-refractivity contribution >= 4 is 35.8 Å². The van der Waals surface area contributed by atoms with Gasteiger partial charge in [0.15, 0.2) is 5.96 Å². The van der Waals surface area contributed by atoms with Crippen LogP contribution in [0.15, 0.2) is 29.3 Å². The molecule has 1 aromatic rings. The Hall–Kier alpha value is -1.39. The summed E-state index contributed by atoms with van der Waals surface area (Å²) in [6, 6.07) is 8.73. The second-order valence-electron chi connectivity index (χ2n) is 8.55. The molecule has 0 saturated carbocycles. The molecule has 2 aliphatic rings. The number of guanidine groups is 1. The summed E-state index contributed by atoms with van der Waals surface area (Å²) in [6.07, 6.45) is 3.69. The highest BCUT2D eigenvalue weighted by atomic mass is 127. The van der Waals surface area contributed by atoms with Gasteiger partial charge in [0.05, 0.1) is 6.10 Å². The Morgan fingerprint density at radius 3 is 2.65 bits per heavy atom. The molecule has 2 aliphatic heterocycles. The molecule has 174 valence electrons. The van der Waals surface area contributed by atoms with Crippen molar-refractivity contribution in [2.75, 3.05) is 60.0 Å². The first-order valence-electron chi connectivity index (χ1n) is 11.1. The molecule has 7 nitrogen and oxygen atoms in total. The predicted molar refractivity (Wildman–Crippen MR) is 136 cm³/mol. The molecular formula is C23H38IN5O2. The van der Waals surface area contributed by atoms with Gasteiger partial charge in [-0.25, -0.2) is 4.99 Å². The monoisotopic (exact) mass is 543 g/mol. The number of benzene rings is 1. The Balaban J connectivity index is 0.00000341. The first kappa shape index (κ1) is 25.9. The van der Waals surface area contributed by atoms with E-state index in [1.165, 1.54) is 17.5 Å². The van der Waals surface area contributed by atoms with Crippen molar-refractivity contribution in [3.63, 3.8) is 0 Å². The number of carbonyl (C=O) groups excluding carboxylic acids is 1. The number of piperazine rings is 1. The number of aryl methyl sites for hydroxylation is 1. The average Bonchev–Trinajstić information content (AvgIpc) is 2.75. The Bertz CT molecular complexity index is 714. The number of hydrogen-bond acceptors (Lipinski definition) is 4. The normalized spacial score (nSPS) is 20.2. The van der Waals surface area contributed by atoms with Crippen LogP contribution in [0.2, 0.25) is 0 Å². The number of nitrogens with zero attached hydrogens (tertiary/aromatic N) is 4. The van der Waals surface area contributed by atoms with E-state index in [4.69, 9.17) is 4.74 Å². The summed E-state index contributed by atoms with van der Waals surface area (Å²) >= 11 is 0. The van der Waals surface area contributed by atoms with E-state index in [9.17, 15) is 4.79 Å². The zero-order valence-electron chi connectivity index (χ0n) is 19.2. The van der Waals surface area contributed by atoms with Crippen LogP contribution in [0.25, 0.3) is 0 Å². The lowest BCUT2D eigenvalue weighted by Gasteiger charge is -2.37. The molecule has 1 amide bonds. The number of carbonyl (C=O) groups is 1. The summed E-state index contributed by atoms with van der Waals surface area (Å²) in [6.45, 7) is 8.65. The molecule has 2 saturated heterocycles. The largest absolute Gasteiger partial charge is 0.376 e. The van der Waals surface area contributed by atoms with Gasteiger partial charge < -0.3 is 19.9 Å². The number of aliphatic imine (C=N–C) groups is 1. The predicted octanol–water partition coefficient (Wildman–Crippen LogP) is 2.33. The summed E-state index contributed by atoms with van der Waals surface area (Å²) in [5.74, 6) is 0.843. The van der Waals surface area contributed by atoms with Crippen LogP contribution >= 0.6 is 24.0 Å². The highest BCUT2D eigenvalue weighted by Crippen LogP contribution is 2.13. The zero-order valence-corrected chi connectivity index (χ0v) is 21.5. The average molecular weight is 543 g/mol. The maximum Gasteiger partial charge on any atom is 0.243 e. The van der Waals surface area contributed by atoms with E-state index in [2.05, 4.69) is 51.3 Å². The molecule has 0 aliphatic carbocycles. The van der Waals surface area contributed by atoms with Crippen LogP contribution in [0.1, 0.15) is 30.4 Å². The molecule has 1 atom stereocenters. The number of rotatable bonds is 6. The van der Waals surface area contributed by atoms with E-state index in [0.717, 1.165) is 64.7 Å². The lowest BCUT2D eigenvalue weighted by atomic mass is 10.1. The van der Waals surface area contributed by atoms with Crippen LogP contribution in [0, 0.1) is 6.92 Å². The van der Waals surface area contributed by atoms with Gasteiger partial charge in [-0.05, 0) is 31.7 Å².